The third-order valence-corrected chi connectivity index (χ3v) is 5.58. The van der Waals surface area contributed by atoms with Crippen molar-refractivity contribution in [2.45, 2.75) is 38.3 Å². The van der Waals surface area contributed by atoms with E-state index in [2.05, 4.69) is 32.1 Å². The summed E-state index contributed by atoms with van der Waals surface area (Å²) in [6, 6.07) is 2.19. The molecule has 1 N–H and O–H groups in total. The lowest BCUT2D eigenvalue weighted by Gasteiger charge is -2.42. The minimum atomic E-state index is -0.0155. The Morgan fingerprint density at radius 2 is 2.04 bits per heavy atom. The van der Waals surface area contributed by atoms with Crippen LogP contribution in [0.3, 0.4) is 0 Å². The van der Waals surface area contributed by atoms with Crippen molar-refractivity contribution in [1.29, 1.82) is 0 Å². The second-order valence-corrected chi connectivity index (χ2v) is 7.56. The van der Waals surface area contributed by atoms with Crippen LogP contribution in [-0.2, 0) is 4.79 Å². The van der Waals surface area contributed by atoms with Crippen LogP contribution in [0.2, 0.25) is 0 Å². The summed E-state index contributed by atoms with van der Waals surface area (Å²) in [4.78, 5) is 30.2. The van der Waals surface area contributed by atoms with E-state index in [4.69, 9.17) is 0 Å². The Morgan fingerprint density at radius 1 is 1.23 bits per heavy atom. The smallest absolute Gasteiger partial charge is 0.239 e. The number of likely N-dealkylation sites (N-methyl/N-ethyl adjacent to an activating group) is 1. The number of amides is 1. The Balaban J connectivity index is 1.57. The normalized spacial score (nSPS) is 26.2. The molecule has 0 aliphatic carbocycles. The van der Waals surface area contributed by atoms with Gasteiger partial charge in [-0.05, 0) is 37.8 Å². The van der Waals surface area contributed by atoms with Gasteiger partial charge < -0.3 is 15.1 Å². The summed E-state index contributed by atoms with van der Waals surface area (Å²) < 4.78 is 0. The van der Waals surface area contributed by atoms with Gasteiger partial charge >= 0.3 is 0 Å². The number of carbonyl (C=O) groups excluding carboxylic acids is 1. The fourth-order valence-electron chi connectivity index (χ4n) is 4.24. The van der Waals surface area contributed by atoms with Crippen LogP contribution in [0.25, 0.3) is 11.2 Å². The van der Waals surface area contributed by atoms with Crippen molar-refractivity contribution in [2.75, 3.05) is 31.6 Å². The maximum atomic E-state index is 12.8. The summed E-state index contributed by atoms with van der Waals surface area (Å²) in [5.74, 6) is 0.723. The van der Waals surface area contributed by atoms with E-state index in [1.807, 2.05) is 18.0 Å². The molecule has 7 heteroatoms. The lowest BCUT2D eigenvalue weighted by Crippen LogP contribution is -2.54. The van der Waals surface area contributed by atoms with Crippen LogP contribution in [0.15, 0.2) is 24.7 Å². The first-order valence-electron chi connectivity index (χ1n) is 9.44. The lowest BCUT2D eigenvalue weighted by atomic mass is 9.94. The van der Waals surface area contributed by atoms with Gasteiger partial charge in [-0.2, -0.15) is 0 Å². The molecule has 0 radical (unpaired) electrons. The molecular weight excluding hydrogens is 328 g/mol. The van der Waals surface area contributed by atoms with Crippen molar-refractivity contribution in [3.05, 3.63) is 24.7 Å². The van der Waals surface area contributed by atoms with Crippen molar-refractivity contribution in [3.63, 3.8) is 0 Å². The summed E-state index contributed by atoms with van der Waals surface area (Å²) in [5, 5.41) is 3.32. The van der Waals surface area contributed by atoms with Crippen molar-refractivity contribution < 1.29 is 4.79 Å². The van der Waals surface area contributed by atoms with Crippen LogP contribution in [0, 0.1) is 5.92 Å². The van der Waals surface area contributed by atoms with Crippen molar-refractivity contribution >= 4 is 22.8 Å². The van der Waals surface area contributed by atoms with Gasteiger partial charge in [-0.25, -0.2) is 15.0 Å². The Bertz CT molecular complexity index is 785. The van der Waals surface area contributed by atoms with Gasteiger partial charge in [0.1, 0.15) is 5.52 Å². The second kappa shape index (κ2) is 7.15. The number of nitrogens with one attached hydrogen (secondary N) is 1. The Kier molecular flexibility index (Phi) is 4.72. The van der Waals surface area contributed by atoms with Gasteiger partial charge in [0.25, 0.3) is 0 Å². The van der Waals surface area contributed by atoms with Crippen molar-refractivity contribution in [3.8, 4) is 0 Å². The van der Waals surface area contributed by atoms with E-state index < -0.39 is 0 Å². The molecule has 2 aliphatic rings. The molecule has 138 valence electrons. The van der Waals surface area contributed by atoms with E-state index in [9.17, 15) is 4.79 Å². The molecule has 0 saturated carbocycles. The Morgan fingerprint density at radius 3 is 2.85 bits per heavy atom. The van der Waals surface area contributed by atoms with Crippen LogP contribution in [-0.4, -0.2) is 64.5 Å². The number of aromatic nitrogens is 3. The number of rotatable bonds is 3. The lowest BCUT2D eigenvalue weighted by molar-refractivity contribution is -0.134. The zero-order chi connectivity index (χ0) is 18.1. The molecule has 4 heterocycles. The fourth-order valence-corrected chi connectivity index (χ4v) is 4.24. The number of hydrogen-bond acceptors (Lipinski definition) is 6. The van der Waals surface area contributed by atoms with E-state index in [-0.39, 0.29) is 18.0 Å². The van der Waals surface area contributed by atoms with E-state index >= 15 is 0 Å². The van der Waals surface area contributed by atoms with Gasteiger partial charge in [0, 0.05) is 44.8 Å². The molecule has 1 amide bonds. The number of carbonyl (C=O) groups is 1. The van der Waals surface area contributed by atoms with Gasteiger partial charge in [0.05, 0.1) is 11.7 Å². The SMILES string of the molecule is C[C@H]1C[C@@H](N(C)C(=O)C2CCCN2)CN(c2ccnc3nccnc23)C1. The van der Waals surface area contributed by atoms with Crippen LogP contribution < -0.4 is 10.2 Å². The topological polar surface area (TPSA) is 74.2 Å². The predicted octanol–water partition coefficient (Wildman–Crippen LogP) is 1.45. The largest absolute Gasteiger partial charge is 0.367 e. The maximum Gasteiger partial charge on any atom is 0.239 e. The molecule has 0 aromatic carbocycles. The zero-order valence-corrected chi connectivity index (χ0v) is 15.4. The molecule has 3 atom stereocenters. The summed E-state index contributed by atoms with van der Waals surface area (Å²) in [6.45, 7) is 4.96. The summed E-state index contributed by atoms with van der Waals surface area (Å²) >= 11 is 0. The standard InChI is InChI=1S/C19H26N6O/c1-13-10-14(24(2)19(26)15-4-3-6-20-15)12-25(11-13)16-5-7-22-18-17(16)21-8-9-23-18/h5,7-9,13-15,20H,3-4,6,10-12H2,1-2H3/t13-,14+,15?/m0/s1. The number of anilines is 1. The van der Waals surface area contributed by atoms with Crippen LogP contribution in [0.4, 0.5) is 5.69 Å². The number of piperidine rings is 1. The van der Waals surface area contributed by atoms with Crippen molar-refractivity contribution in [2.24, 2.45) is 5.92 Å². The summed E-state index contributed by atoms with van der Waals surface area (Å²) in [5.41, 5.74) is 2.55. The molecule has 0 spiro atoms. The Labute approximate surface area is 153 Å². The Hall–Kier alpha value is -2.28. The van der Waals surface area contributed by atoms with Gasteiger partial charge in [-0.15, -0.1) is 0 Å². The molecule has 2 aromatic rings. The molecule has 1 unspecified atom stereocenters. The monoisotopic (exact) mass is 354 g/mol. The molecule has 2 aliphatic heterocycles. The fraction of sp³-hybridized carbons (Fsp3) is 0.579. The third-order valence-electron chi connectivity index (χ3n) is 5.58. The molecule has 2 saturated heterocycles. The minimum Gasteiger partial charge on any atom is -0.367 e. The van der Waals surface area contributed by atoms with E-state index in [1.165, 1.54) is 0 Å². The van der Waals surface area contributed by atoms with Crippen LogP contribution in [0.5, 0.6) is 0 Å². The number of pyridine rings is 1. The zero-order valence-electron chi connectivity index (χ0n) is 15.4. The van der Waals surface area contributed by atoms with E-state index in [0.717, 1.165) is 50.1 Å². The minimum absolute atomic E-state index is 0.0155. The van der Waals surface area contributed by atoms with Crippen LogP contribution in [0.1, 0.15) is 26.2 Å². The molecule has 26 heavy (non-hydrogen) atoms. The van der Waals surface area contributed by atoms with Crippen LogP contribution >= 0.6 is 0 Å². The highest BCUT2D eigenvalue weighted by molar-refractivity contribution is 5.85. The molecule has 7 nitrogen and oxygen atoms in total. The molecule has 4 rings (SSSR count). The van der Waals surface area contributed by atoms with E-state index in [0.29, 0.717) is 11.6 Å². The first-order chi connectivity index (χ1) is 12.6. The third kappa shape index (κ3) is 3.23. The maximum absolute atomic E-state index is 12.8. The summed E-state index contributed by atoms with van der Waals surface area (Å²) in [6.07, 6.45) is 8.22. The highest BCUT2D eigenvalue weighted by Gasteiger charge is 2.34. The predicted molar refractivity (Wildman–Crippen MR) is 101 cm³/mol. The van der Waals surface area contributed by atoms with Crippen molar-refractivity contribution in [1.82, 2.24) is 25.2 Å². The molecule has 2 aromatic heterocycles. The highest BCUT2D eigenvalue weighted by Crippen LogP contribution is 2.29. The number of fused-ring (bicyclic) bond motifs is 1. The molecule has 0 bridgehead atoms. The van der Waals surface area contributed by atoms with Gasteiger partial charge in [0.2, 0.25) is 5.91 Å². The highest BCUT2D eigenvalue weighted by atomic mass is 16.2. The van der Waals surface area contributed by atoms with Gasteiger partial charge in [-0.1, -0.05) is 6.92 Å². The molecule has 2 fully saturated rings. The van der Waals surface area contributed by atoms with Gasteiger partial charge in [-0.3, -0.25) is 4.79 Å². The molecular formula is C19H26N6O. The number of hydrogen-bond donors (Lipinski definition) is 1. The number of nitrogens with zero attached hydrogens (tertiary/aromatic N) is 5. The van der Waals surface area contributed by atoms with Gasteiger partial charge in [0.15, 0.2) is 5.65 Å². The first-order valence-corrected chi connectivity index (χ1v) is 9.44. The second-order valence-electron chi connectivity index (χ2n) is 7.56. The quantitative estimate of drug-likeness (QED) is 0.899. The average Bonchev–Trinajstić information content (AvgIpc) is 3.20. The average molecular weight is 354 g/mol. The first kappa shape index (κ1) is 17.1. The summed E-state index contributed by atoms with van der Waals surface area (Å²) in [7, 11) is 1.95. The van der Waals surface area contributed by atoms with E-state index in [1.54, 1.807) is 18.6 Å².